The van der Waals surface area contributed by atoms with Crippen molar-refractivity contribution in [2.75, 3.05) is 38.1 Å². The molecule has 1 saturated heterocycles. The fraction of sp³-hybridized carbons (Fsp3) is 0.268. The second-order valence-electron chi connectivity index (χ2n) is 13.8. The Labute approximate surface area is 270 Å². The quantitative estimate of drug-likeness (QED) is 0.204. The molecule has 5 heteroatoms. The lowest BCUT2D eigenvalue weighted by atomic mass is 9.59. The number of fused-ring (bicyclic) bond motifs is 6. The molecule has 1 aliphatic carbocycles. The highest BCUT2D eigenvalue weighted by Gasteiger charge is 2.43. The third-order valence-electron chi connectivity index (χ3n) is 10.8. The summed E-state index contributed by atoms with van der Waals surface area (Å²) in [6.45, 7) is 9.09. The number of benzene rings is 5. The maximum atomic E-state index is 11.7. The van der Waals surface area contributed by atoms with Gasteiger partial charge in [0.15, 0.2) is 0 Å². The van der Waals surface area contributed by atoms with Gasteiger partial charge in [0.2, 0.25) is 0 Å². The van der Waals surface area contributed by atoms with E-state index in [1.54, 1.807) is 12.1 Å². The first-order valence-corrected chi connectivity index (χ1v) is 16.4. The van der Waals surface area contributed by atoms with Crippen LogP contribution in [0.4, 0.5) is 5.69 Å². The van der Waals surface area contributed by atoms with E-state index in [4.69, 9.17) is 4.98 Å². The van der Waals surface area contributed by atoms with Gasteiger partial charge in [-0.15, -0.1) is 0 Å². The zero-order chi connectivity index (χ0) is 31.6. The van der Waals surface area contributed by atoms with E-state index in [0.29, 0.717) is 0 Å². The molecule has 230 valence electrons. The number of carboxylic acids is 1. The smallest absolute Gasteiger partial charge is 0.335 e. The number of carbonyl (C=O) groups is 1. The molecule has 1 aliphatic heterocycles. The van der Waals surface area contributed by atoms with Crippen molar-refractivity contribution in [3.8, 4) is 0 Å². The molecular weight excluding hydrogens is 566 g/mol. The van der Waals surface area contributed by atoms with Gasteiger partial charge in [0, 0.05) is 48.9 Å². The van der Waals surface area contributed by atoms with Crippen LogP contribution in [0.3, 0.4) is 0 Å². The van der Waals surface area contributed by atoms with Crippen LogP contribution in [0.15, 0.2) is 103 Å². The zero-order valence-electron chi connectivity index (χ0n) is 26.7. The Morgan fingerprint density at radius 3 is 2.39 bits per heavy atom. The van der Waals surface area contributed by atoms with Gasteiger partial charge in [0.05, 0.1) is 11.1 Å². The minimum Gasteiger partial charge on any atom is -0.478 e. The van der Waals surface area contributed by atoms with Crippen LogP contribution in [0.2, 0.25) is 0 Å². The molecule has 5 aromatic carbocycles. The number of carboxylic acid groups (broad SMARTS) is 1. The molecule has 2 atom stereocenters. The van der Waals surface area contributed by atoms with Crippen LogP contribution in [0.25, 0.3) is 32.4 Å². The molecule has 2 heterocycles. The van der Waals surface area contributed by atoms with Crippen LogP contribution in [0.5, 0.6) is 0 Å². The maximum absolute atomic E-state index is 11.7. The normalized spacial score (nSPS) is 19.8. The van der Waals surface area contributed by atoms with Crippen molar-refractivity contribution in [2.24, 2.45) is 0 Å². The third-order valence-corrected chi connectivity index (χ3v) is 10.8. The van der Waals surface area contributed by atoms with Crippen molar-refractivity contribution in [3.63, 3.8) is 0 Å². The SMILES string of the molecule is CN1CCN(c2cccc(C3CC(c4ccc5cc(C(=O)O)ccc5n4)c4c(ccc5c4ccc4ccccc45)C3(C)C)c2)CC1. The monoisotopic (exact) mass is 605 g/mol. The lowest BCUT2D eigenvalue weighted by Crippen LogP contribution is -2.44. The largest absolute Gasteiger partial charge is 0.478 e. The summed E-state index contributed by atoms with van der Waals surface area (Å²) in [4.78, 5) is 21.8. The molecule has 0 spiro atoms. The summed E-state index contributed by atoms with van der Waals surface area (Å²) in [6, 6.07) is 36.6. The van der Waals surface area contributed by atoms with Crippen LogP contribution in [0, 0.1) is 0 Å². The Kier molecular flexibility index (Phi) is 6.84. The van der Waals surface area contributed by atoms with E-state index >= 15 is 0 Å². The van der Waals surface area contributed by atoms with Crippen LogP contribution in [-0.4, -0.2) is 54.2 Å². The summed E-state index contributed by atoms with van der Waals surface area (Å²) < 4.78 is 0. The van der Waals surface area contributed by atoms with E-state index in [1.807, 2.05) is 12.1 Å². The molecule has 6 aromatic rings. The summed E-state index contributed by atoms with van der Waals surface area (Å²) >= 11 is 0. The minimum atomic E-state index is -0.922. The number of rotatable bonds is 4. The summed E-state index contributed by atoms with van der Waals surface area (Å²) in [5, 5.41) is 15.5. The van der Waals surface area contributed by atoms with Gasteiger partial charge >= 0.3 is 5.97 Å². The molecular formula is C41H39N3O2. The molecule has 0 amide bonds. The van der Waals surface area contributed by atoms with E-state index in [-0.39, 0.29) is 22.8 Å². The number of hydrogen-bond acceptors (Lipinski definition) is 4. The fourth-order valence-corrected chi connectivity index (χ4v) is 8.18. The average Bonchev–Trinajstić information content (AvgIpc) is 3.08. The van der Waals surface area contributed by atoms with Crippen molar-refractivity contribution in [3.05, 3.63) is 131 Å². The van der Waals surface area contributed by atoms with Crippen LogP contribution in [0.1, 0.15) is 64.8 Å². The number of nitrogens with zero attached hydrogens (tertiary/aromatic N) is 3. The van der Waals surface area contributed by atoms with Crippen LogP contribution < -0.4 is 4.90 Å². The average molecular weight is 606 g/mol. The summed E-state index contributed by atoms with van der Waals surface area (Å²) in [5.41, 5.74) is 7.47. The second kappa shape index (κ2) is 11.0. The molecule has 8 rings (SSSR count). The number of pyridine rings is 1. The molecule has 1 aromatic heterocycles. The van der Waals surface area contributed by atoms with Crippen molar-refractivity contribution < 1.29 is 9.90 Å². The van der Waals surface area contributed by atoms with Crippen molar-refractivity contribution in [1.29, 1.82) is 0 Å². The van der Waals surface area contributed by atoms with E-state index in [0.717, 1.165) is 49.2 Å². The molecule has 0 saturated carbocycles. The predicted molar refractivity (Wildman–Crippen MR) is 189 cm³/mol. The first kappa shape index (κ1) is 28.7. The number of aromatic nitrogens is 1. The fourth-order valence-electron chi connectivity index (χ4n) is 8.18. The van der Waals surface area contributed by atoms with Crippen LogP contribution in [-0.2, 0) is 5.41 Å². The molecule has 2 aliphatic rings. The third kappa shape index (κ3) is 4.73. The minimum absolute atomic E-state index is 0.0775. The summed E-state index contributed by atoms with van der Waals surface area (Å²) in [6.07, 6.45) is 0.934. The standard InChI is InChI=1S/C41H39N3O2/c1-41(2)35-16-15-32-31-10-5-4-7-26(31)11-14-33(32)39(35)34(38-18-12-28-23-29(40(45)46)13-17-37(28)42-38)25-36(41)27-8-6-9-30(24-27)44-21-19-43(3)20-22-44/h4-18,23-24,34,36H,19-22,25H2,1-3H3,(H,45,46). The summed E-state index contributed by atoms with van der Waals surface area (Å²) in [5.74, 6) is -0.564. The number of hydrogen-bond donors (Lipinski definition) is 1. The highest BCUT2D eigenvalue weighted by atomic mass is 16.4. The van der Waals surface area contributed by atoms with E-state index in [1.165, 1.54) is 43.9 Å². The van der Waals surface area contributed by atoms with Crippen LogP contribution >= 0.6 is 0 Å². The lowest BCUT2D eigenvalue weighted by molar-refractivity contribution is 0.0697. The Morgan fingerprint density at radius 2 is 1.57 bits per heavy atom. The van der Waals surface area contributed by atoms with Gasteiger partial charge < -0.3 is 14.9 Å². The van der Waals surface area contributed by atoms with Crippen molar-refractivity contribution in [2.45, 2.75) is 37.5 Å². The molecule has 1 N–H and O–H groups in total. The molecule has 0 bridgehead atoms. The number of aromatic carboxylic acids is 1. The first-order valence-electron chi connectivity index (χ1n) is 16.4. The summed E-state index contributed by atoms with van der Waals surface area (Å²) in [7, 11) is 2.20. The number of piperazine rings is 1. The van der Waals surface area contributed by atoms with Gasteiger partial charge in [0.25, 0.3) is 0 Å². The lowest BCUT2D eigenvalue weighted by Gasteiger charge is -2.45. The van der Waals surface area contributed by atoms with E-state index in [9.17, 15) is 9.90 Å². The van der Waals surface area contributed by atoms with Gasteiger partial charge in [-0.05, 0) is 99.4 Å². The second-order valence-corrected chi connectivity index (χ2v) is 13.8. The number of likely N-dealkylation sites (N-methyl/N-ethyl adjacent to an activating group) is 1. The maximum Gasteiger partial charge on any atom is 0.335 e. The Morgan fingerprint density at radius 1 is 0.783 bits per heavy atom. The van der Waals surface area contributed by atoms with Gasteiger partial charge in [-0.25, -0.2) is 4.79 Å². The topological polar surface area (TPSA) is 56.7 Å². The van der Waals surface area contributed by atoms with Gasteiger partial charge in [-0.2, -0.15) is 0 Å². The van der Waals surface area contributed by atoms with Crippen molar-refractivity contribution in [1.82, 2.24) is 9.88 Å². The molecule has 2 unspecified atom stereocenters. The van der Waals surface area contributed by atoms with Gasteiger partial charge in [0.1, 0.15) is 0 Å². The van der Waals surface area contributed by atoms with E-state index < -0.39 is 5.97 Å². The Bertz CT molecular complexity index is 2140. The van der Waals surface area contributed by atoms with E-state index in [2.05, 4.69) is 110 Å². The first-order chi connectivity index (χ1) is 22.3. The number of anilines is 1. The molecule has 0 radical (unpaired) electrons. The van der Waals surface area contributed by atoms with Gasteiger partial charge in [-0.1, -0.05) is 80.6 Å². The Balaban J connectivity index is 1.31. The molecule has 46 heavy (non-hydrogen) atoms. The Hall–Kier alpha value is -4.74. The molecule has 5 nitrogen and oxygen atoms in total. The highest BCUT2D eigenvalue weighted by molar-refractivity contribution is 6.09. The van der Waals surface area contributed by atoms with Gasteiger partial charge in [-0.3, -0.25) is 4.98 Å². The highest BCUT2D eigenvalue weighted by Crippen LogP contribution is 2.55. The zero-order valence-corrected chi connectivity index (χ0v) is 26.7. The molecule has 1 fully saturated rings. The van der Waals surface area contributed by atoms with Crippen molar-refractivity contribution >= 4 is 44.1 Å². The predicted octanol–water partition coefficient (Wildman–Crippen LogP) is 8.59.